The molecule has 1 aromatic carbocycles. The van der Waals surface area contributed by atoms with Gasteiger partial charge in [-0.1, -0.05) is 23.8 Å². The highest BCUT2D eigenvalue weighted by Gasteiger charge is 2.23. The third kappa shape index (κ3) is 4.57. The Kier molecular flexibility index (Phi) is 4.29. The van der Waals surface area contributed by atoms with Crippen LogP contribution in [0.25, 0.3) is 0 Å². The fraction of sp³-hybridized carbons (Fsp3) is 0.500. The molecule has 0 aliphatic heterocycles. The van der Waals surface area contributed by atoms with Crippen LogP contribution in [0.5, 0.6) is 0 Å². The third-order valence-corrected chi connectivity index (χ3v) is 2.97. The molecule has 17 heavy (non-hydrogen) atoms. The highest BCUT2D eigenvalue weighted by molar-refractivity contribution is 5.68. The van der Waals surface area contributed by atoms with E-state index in [1.54, 1.807) is 6.92 Å². The van der Waals surface area contributed by atoms with Crippen LogP contribution in [0.15, 0.2) is 18.2 Å². The molecule has 0 spiro atoms. The van der Waals surface area contributed by atoms with Crippen LogP contribution in [-0.4, -0.2) is 21.8 Å². The fourth-order valence-electron chi connectivity index (χ4n) is 1.89. The van der Waals surface area contributed by atoms with Crippen LogP contribution in [0.3, 0.4) is 0 Å². The summed E-state index contributed by atoms with van der Waals surface area (Å²) in [4.78, 5) is 10.6. The summed E-state index contributed by atoms with van der Waals surface area (Å²) in [6.45, 7) is 5.63. The normalized spacial score (nSPS) is 14.4. The Morgan fingerprint density at radius 3 is 2.59 bits per heavy atom. The maximum absolute atomic E-state index is 10.6. The molecule has 3 heteroatoms. The van der Waals surface area contributed by atoms with Gasteiger partial charge >= 0.3 is 5.97 Å². The van der Waals surface area contributed by atoms with Crippen molar-refractivity contribution < 1.29 is 15.0 Å². The molecule has 1 aromatic rings. The van der Waals surface area contributed by atoms with Crippen molar-refractivity contribution in [2.75, 3.05) is 0 Å². The summed E-state index contributed by atoms with van der Waals surface area (Å²) in [5, 5.41) is 18.6. The zero-order valence-corrected chi connectivity index (χ0v) is 10.7. The molecular formula is C14H20O3. The predicted octanol–water partition coefficient (Wildman–Crippen LogP) is 2.46. The van der Waals surface area contributed by atoms with Crippen molar-refractivity contribution in [2.45, 2.75) is 45.6 Å². The number of carboxylic acids is 1. The van der Waals surface area contributed by atoms with E-state index in [9.17, 15) is 9.90 Å². The first-order valence-electron chi connectivity index (χ1n) is 5.80. The van der Waals surface area contributed by atoms with E-state index in [1.165, 1.54) is 16.7 Å². The molecule has 1 rings (SSSR count). The van der Waals surface area contributed by atoms with Crippen molar-refractivity contribution in [2.24, 2.45) is 0 Å². The maximum Gasteiger partial charge on any atom is 0.306 e. The summed E-state index contributed by atoms with van der Waals surface area (Å²) in [6.07, 6.45) is 0.954. The van der Waals surface area contributed by atoms with Crippen LogP contribution in [-0.2, 0) is 11.2 Å². The smallest absolute Gasteiger partial charge is 0.306 e. The average molecular weight is 236 g/mol. The minimum atomic E-state index is -1.14. The number of carbonyl (C=O) groups is 1. The highest BCUT2D eigenvalue weighted by atomic mass is 16.4. The first kappa shape index (κ1) is 13.7. The Morgan fingerprint density at radius 2 is 2.00 bits per heavy atom. The molecule has 0 heterocycles. The molecule has 1 unspecified atom stereocenters. The molecule has 1 atom stereocenters. The summed E-state index contributed by atoms with van der Waals surface area (Å²) >= 11 is 0. The van der Waals surface area contributed by atoms with E-state index in [1.807, 2.05) is 19.9 Å². The first-order chi connectivity index (χ1) is 7.80. The van der Waals surface area contributed by atoms with Gasteiger partial charge in [0.05, 0.1) is 12.0 Å². The molecule has 3 nitrogen and oxygen atoms in total. The Balaban J connectivity index is 2.66. The van der Waals surface area contributed by atoms with Gasteiger partial charge in [0.25, 0.3) is 0 Å². The Bertz CT molecular complexity index is 408. The molecule has 0 fully saturated rings. The average Bonchev–Trinajstić information content (AvgIpc) is 2.17. The Morgan fingerprint density at radius 1 is 1.35 bits per heavy atom. The number of hydrogen-bond donors (Lipinski definition) is 2. The number of aliphatic hydroxyl groups is 1. The molecular weight excluding hydrogens is 216 g/mol. The van der Waals surface area contributed by atoms with Crippen molar-refractivity contribution in [3.05, 3.63) is 34.9 Å². The predicted molar refractivity (Wildman–Crippen MR) is 67.1 cm³/mol. The molecule has 0 saturated heterocycles. The van der Waals surface area contributed by atoms with Gasteiger partial charge in [0.1, 0.15) is 0 Å². The molecule has 0 amide bonds. The van der Waals surface area contributed by atoms with Crippen molar-refractivity contribution in [1.29, 1.82) is 0 Å². The largest absolute Gasteiger partial charge is 0.481 e. The standard InChI is InChI=1S/C14H20O3/c1-10-4-5-11(2)12(8-10)6-7-14(3,17)9-13(15)16/h4-5,8,17H,6-7,9H2,1-3H3,(H,15,16). The van der Waals surface area contributed by atoms with Gasteiger partial charge in [-0.05, 0) is 44.7 Å². The van der Waals surface area contributed by atoms with Gasteiger partial charge in [-0.15, -0.1) is 0 Å². The van der Waals surface area contributed by atoms with Crippen molar-refractivity contribution in [1.82, 2.24) is 0 Å². The number of aryl methyl sites for hydroxylation is 3. The second-order valence-corrected chi connectivity index (χ2v) is 5.00. The Labute approximate surface area is 102 Å². The van der Waals surface area contributed by atoms with Gasteiger partial charge in [0, 0.05) is 0 Å². The highest BCUT2D eigenvalue weighted by Crippen LogP contribution is 2.20. The lowest BCUT2D eigenvalue weighted by Gasteiger charge is -2.21. The molecule has 2 N–H and O–H groups in total. The zero-order valence-electron chi connectivity index (χ0n) is 10.7. The summed E-state index contributed by atoms with van der Waals surface area (Å²) in [7, 11) is 0. The molecule has 0 aliphatic carbocycles. The van der Waals surface area contributed by atoms with Crippen LogP contribution in [0, 0.1) is 13.8 Å². The van der Waals surface area contributed by atoms with Crippen molar-refractivity contribution >= 4 is 5.97 Å². The second-order valence-electron chi connectivity index (χ2n) is 5.00. The van der Waals surface area contributed by atoms with Gasteiger partial charge in [0.15, 0.2) is 0 Å². The topological polar surface area (TPSA) is 57.5 Å². The van der Waals surface area contributed by atoms with Gasteiger partial charge < -0.3 is 10.2 Å². The van der Waals surface area contributed by atoms with E-state index < -0.39 is 11.6 Å². The van der Waals surface area contributed by atoms with E-state index in [2.05, 4.69) is 12.1 Å². The fourth-order valence-corrected chi connectivity index (χ4v) is 1.89. The lowest BCUT2D eigenvalue weighted by molar-refractivity contribution is -0.142. The number of hydrogen-bond acceptors (Lipinski definition) is 2. The van der Waals surface area contributed by atoms with Crippen LogP contribution >= 0.6 is 0 Å². The maximum atomic E-state index is 10.6. The molecule has 0 saturated carbocycles. The van der Waals surface area contributed by atoms with Crippen LogP contribution < -0.4 is 0 Å². The first-order valence-corrected chi connectivity index (χ1v) is 5.80. The van der Waals surface area contributed by atoms with Gasteiger partial charge in [0.2, 0.25) is 0 Å². The minimum Gasteiger partial charge on any atom is -0.481 e. The summed E-state index contributed by atoms with van der Waals surface area (Å²) < 4.78 is 0. The number of benzene rings is 1. The van der Waals surface area contributed by atoms with E-state index in [0.717, 1.165) is 0 Å². The molecule has 0 aliphatic rings. The quantitative estimate of drug-likeness (QED) is 0.825. The summed E-state index contributed by atoms with van der Waals surface area (Å²) in [5.41, 5.74) is 2.41. The van der Waals surface area contributed by atoms with Crippen LogP contribution in [0.1, 0.15) is 36.5 Å². The number of rotatable bonds is 5. The number of carboxylic acid groups (broad SMARTS) is 1. The second kappa shape index (κ2) is 5.32. The molecule has 94 valence electrons. The SMILES string of the molecule is Cc1ccc(C)c(CCC(C)(O)CC(=O)O)c1. The van der Waals surface area contributed by atoms with Gasteiger partial charge in [-0.25, -0.2) is 0 Å². The minimum absolute atomic E-state index is 0.210. The van der Waals surface area contributed by atoms with Crippen molar-refractivity contribution in [3.63, 3.8) is 0 Å². The third-order valence-electron chi connectivity index (χ3n) is 2.97. The van der Waals surface area contributed by atoms with E-state index in [4.69, 9.17) is 5.11 Å². The van der Waals surface area contributed by atoms with E-state index in [-0.39, 0.29) is 6.42 Å². The monoisotopic (exact) mass is 236 g/mol. The van der Waals surface area contributed by atoms with E-state index in [0.29, 0.717) is 12.8 Å². The molecule has 0 aromatic heterocycles. The number of aliphatic carboxylic acids is 1. The van der Waals surface area contributed by atoms with Crippen LogP contribution in [0.2, 0.25) is 0 Å². The summed E-state index contributed by atoms with van der Waals surface area (Å²) in [6, 6.07) is 6.19. The van der Waals surface area contributed by atoms with Gasteiger partial charge in [-0.2, -0.15) is 0 Å². The van der Waals surface area contributed by atoms with Crippen molar-refractivity contribution in [3.8, 4) is 0 Å². The summed E-state index contributed by atoms with van der Waals surface area (Å²) in [5.74, 6) is -0.962. The van der Waals surface area contributed by atoms with Crippen LogP contribution in [0.4, 0.5) is 0 Å². The van der Waals surface area contributed by atoms with Gasteiger partial charge in [-0.3, -0.25) is 4.79 Å². The lowest BCUT2D eigenvalue weighted by atomic mass is 9.91. The Hall–Kier alpha value is -1.35. The zero-order chi connectivity index (χ0) is 13.1. The molecule has 0 bridgehead atoms. The van der Waals surface area contributed by atoms with E-state index >= 15 is 0 Å². The lowest BCUT2D eigenvalue weighted by Crippen LogP contribution is -2.28. The molecule has 0 radical (unpaired) electrons.